The van der Waals surface area contributed by atoms with Crippen molar-refractivity contribution in [1.82, 2.24) is 0 Å². The van der Waals surface area contributed by atoms with Gasteiger partial charge in [0.2, 0.25) is 0 Å². The molecule has 0 radical (unpaired) electrons. The Morgan fingerprint density at radius 1 is 0.909 bits per heavy atom. The molecular weight excluding hydrogens is 274 g/mol. The van der Waals surface area contributed by atoms with Gasteiger partial charge in [-0.3, -0.25) is 0 Å². The zero-order valence-electron chi connectivity index (χ0n) is 13.3. The highest BCUT2D eigenvalue weighted by molar-refractivity contribution is 5.51. The lowest BCUT2D eigenvalue weighted by Crippen LogP contribution is -2.15. The van der Waals surface area contributed by atoms with E-state index < -0.39 is 0 Å². The smallest absolute Gasteiger partial charge is 0.127 e. The van der Waals surface area contributed by atoms with Gasteiger partial charge >= 0.3 is 0 Å². The summed E-state index contributed by atoms with van der Waals surface area (Å²) in [5.74, 6) is 1.54. The molecule has 0 saturated carbocycles. The van der Waals surface area contributed by atoms with Crippen molar-refractivity contribution in [1.29, 1.82) is 0 Å². The summed E-state index contributed by atoms with van der Waals surface area (Å²) in [6.45, 7) is 0. The van der Waals surface area contributed by atoms with E-state index in [0.29, 0.717) is 0 Å². The molecule has 0 heterocycles. The van der Waals surface area contributed by atoms with Crippen molar-refractivity contribution in [3.05, 3.63) is 58.7 Å². The number of hydrogen-bond donors (Lipinski definition) is 1. The number of ether oxygens (including phenoxy) is 2. The van der Waals surface area contributed by atoms with Crippen LogP contribution in [-0.4, -0.2) is 14.2 Å². The van der Waals surface area contributed by atoms with Gasteiger partial charge in [-0.25, -0.2) is 0 Å². The zero-order chi connectivity index (χ0) is 15.5. The summed E-state index contributed by atoms with van der Waals surface area (Å²) in [7, 11) is 3.33. The van der Waals surface area contributed by atoms with Crippen LogP contribution in [0.15, 0.2) is 36.4 Å². The average Bonchev–Trinajstić information content (AvgIpc) is 2.59. The summed E-state index contributed by atoms with van der Waals surface area (Å²) >= 11 is 0. The van der Waals surface area contributed by atoms with Crippen LogP contribution in [0.25, 0.3) is 0 Å². The predicted molar refractivity (Wildman–Crippen MR) is 88.7 cm³/mol. The first kappa shape index (κ1) is 14.9. The van der Waals surface area contributed by atoms with Crippen LogP contribution in [0.2, 0.25) is 0 Å². The Labute approximate surface area is 132 Å². The van der Waals surface area contributed by atoms with Crippen LogP contribution in [0.4, 0.5) is 0 Å². The van der Waals surface area contributed by atoms with Crippen LogP contribution in [0, 0.1) is 0 Å². The maximum Gasteiger partial charge on any atom is 0.127 e. The maximum absolute atomic E-state index is 6.54. The van der Waals surface area contributed by atoms with Crippen LogP contribution in [0.1, 0.15) is 41.1 Å². The van der Waals surface area contributed by atoms with Gasteiger partial charge in [0.25, 0.3) is 0 Å². The van der Waals surface area contributed by atoms with E-state index in [0.717, 1.165) is 29.0 Å². The SMILES string of the molecule is COc1cccc(OC)c1C(N)c1ccc2c(c1)CCCC2. The van der Waals surface area contributed by atoms with Crippen molar-refractivity contribution in [3.63, 3.8) is 0 Å². The molecule has 1 aliphatic carbocycles. The van der Waals surface area contributed by atoms with Crippen molar-refractivity contribution in [2.24, 2.45) is 5.73 Å². The van der Waals surface area contributed by atoms with Crippen molar-refractivity contribution in [2.75, 3.05) is 14.2 Å². The van der Waals surface area contributed by atoms with Gasteiger partial charge in [-0.15, -0.1) is 0 Å². The van der Waals surface area contributed by atoms with Gasteiger partial charge in [0, 0.05) is 0 Å². The average molecular weight is 297 g/mol. The van der Waals surface area contributed by atoms with Gasteiger partial charge in [-0.05, 0) is 54.5 Å². The van der Waals surface area contributed by atoms with Gasteiger partial charge in [0.05, 0.1) is 25.8 Å². The van der Waals surface area contributed by atoms with E-state index in [9.17, 15) is 0 Å². The van der Waals surface area contributed by atoms with Crippen LogP contribution in [-0.2, 0) is 12.8 Å². The maximum atomic E-state index is 6.54. The molecule has 0 aliphatic heterocycles. The zero-order valence-corrected chi connectivity index (χ0v) is 13.3. The minimum atomic E-state index is -0.252. The van der Waals surface area contributed by atoms with Gasteiger partial charge < -0.3 is 15.2 Å². The highest BCUT2D eigenvalue weighted by Crippen LogP contribution is 2.37. The molecule has 0 saturated heterocycles. The molecule has 22 heavy (non-hydrogen) atoms. The van der Waals surface area contributed by atoms with Crippen molar-refractivity contribution in [3.8, 4) is 11.5 Å². The van der Waals surface area contributed by atoms with Gasteiger partial charge in [-0.2, -0.15) is 0 Å². The first-order valence-corrected chi connectivity index (χ1v) is 7.82. The Morgan fingerprint density at radius 2 is 1.55 bits per heavy atom. The number of rotatable bonds is 4. The topological polar surface area (TPSA) is 44.5 Å². The van der Waals surface area contributed by atoms with E-state index in [2.05, 4.69) is 18.2 Å². The van der Waals surface area contributed by atoms with Crippen LogP contribution in [0.5, 0.6) is 11.5 Å². The Balaban J connectivity index is 2.02. The molecule has 3 heteroatoms. The van der Waals surface area contributed by atoms with Crippen LogP contribution < -0.4 is 15.2 Å². The molecular formula is C19H23NO2. The van der Waals surface area contributed by atoms with Gasteiger partial charge in [-0.1, -0.05) is 24.3 Å². The second-order valence-corrected chi connectivity index (χ2v) is 5.79. The highest BCUT2D eigenvalue weighted by atomic mass is 16.5. The Bertz CT molecular complexity index is 644. The molecule has 0 aromatic heterocycles. The molecule has 2 aromatic rings. The normalized spacial score (nSPS) is 15.0. The Morgan fingerprint density at radius 3 is 2.18 bits per heavy atom. The lowest BCUT2D eigenvalue weighted by molar-refractivity contribution is 0.382. The molecule has 0 bridgehead atoms. The third kappa shape index (κ3) is 2.69. The Hall–Kier alpha value is -2.00. The number of aryl methyl sites for hydroxylation is 2. The molecule has 1 aliphatic rings. The minimum Gasteiger partial charge on any atom is -0.496 e. The van der Waals surface area contributed by atoms with Crippen LogP contribution in [0.3, 0.4) is 0 Å². The summed E-state index contributed by atoms with van der Waals surface area (Å²) in [4.78, 5) is 0. The molecule has 0 spiro atoms. The number of hydrogen-bond acceptors (Lipinski definition) is 3. The summed E-state index contributed by atoms with van der Waals surface area (Å²) in [6.07, 6.45) is 4.89. The van der Waals surface area contributed by atoms with Crippen LogP contribution >= 0.6 is 0 Å². The molecule has 0 fully saturated rings. The Kier molecular flexibility index (Phi) is 4.34. The second kappa shape index (κ2) is 6.41. The first-order chi connectivity index (χ1) is 10.7. The molecule has 3 rings (SSSR count). The van der Waals surface area contributed by atoms with E-state index in [1.165, 1.54) is 30.4 Å². The standard InChI is InChI=1S/C19H23NO2/c1-21-16-8-5-9-17(22-2)18(16)19(20)15-11-10-13-6-3-4-7-14(13)12-15/h5,8-12,19H,3-4,6-7,20H2,1-2H3. The van der Waals surface area contributed by atoms with Gasteiger partial charge in [0.1, 0.15) is 11.5 Å². The van der Waals surface area contributed by atoms with E-state index in [1.807, 2.05) is 18.2 Å². The predicted octanol–water partition coefficient (Wildman–Crippen LogP) is 3.63. The number of fused-ring (bicyclic) bond motifs is 1. The quantitative estimate of drug-likeness (QED) is 0.937. The first-order valence-electron chi connectivity index (χ1n) is 7.82. The number of benzene rings is 2. The fourth-order valence-electron chi connectivity index (χ4n) is 3.30. The van der Waals surface area contributed by atoms with Crippen molar-refractivity contribution < 1.29 is 9.47 Å². The number of nitrogens with two attached hydrogens (primary N) is 1. The minimum absolute atomic E-state index is 0.252. The van der Waals surface area contributed by atoms with Gasteiger partial charge in [0.15, 0.2) is 0 Å². The third-order valence-electron chi connectivity index (χ3n) is 4.51. The molecule has 1 atom stereocenters. The lowest BCUT2D eigenvalue weighted by atomic mass is 9.88. The van der Waals surface area contributed by atoms with Crippen molar-refractivity contribution >= 4 is 0 Å². The summed E-state index contributed by atoms with van der Waals surface area (Å²) in [5.41, 5.74) is 11.5. The van der Waals surface area contributed by atoms with E-state index >= 15 is 0 Å². The summed E-state index contributed by atoms with van der Waals surface area (Å²) in [5, 5.41) is 0. The van der Waals surface area contributed by atoms with E-state index in [4.69, 9.17) is 15.2 Å². The lowest BCUT2D eigenvalue weighted by Gasteiger charge is -2.22. The molecule has 2 N–H and O–H groups in total. The van der Waals surface area contributed by atoms with Crippen molar-refractivity contribution in [2.45, 2.75) is 31.7 Å². The summed E-state index contributed by atoms with van der Waals surface area (Å²) < 4.78 is 11.0. The molecule has 3 nitrogen and oxygen atoms in total. The number of methoxy groups -OCH3 is 2. The fraction of sp³-hybridized carbons (Fsp3) is 0.368. The molecule has 1 unspecified atom stereocenters. The van der Waals surface area contributed by atoms with E-state index in [1.54, 1.807) is 14.2 Å². The highest BCUT2D eigenvalue weighted by Gasteiger charge is 2.20. The molecule has 2 aromatic carbocycles. The monoisotopic (exact) mass is 297 g/mol. The largest absolute Gasteiger partial charge is 0.496 e. The second-order valence-electron chi connectivity index (χ2n) is 5.79. The summed E-state index contributed by atoms with van der Waals surface area (Å²) in [6, 6.07) is 12.1. The molecule has 116 valence electrons. The third-order valence-corrected chi connectivity index (χ3v) is 4.51. The van der Waals surface area contributed by atoms with E-state index in [-0.39, 0.29) is 6.04 Å². The molecule has 0 amide bonds. The fourth-order valence-corrected chi connectivity index (χ4v) is 3.30.